The Balaban J connectivity index is 2.70. The summed E-state index contributed by atoms with van der Waals surface area (Å²) in [6.07, 6.45) is 1.75. The van der Waals surface area contributed by atoms with E-state index in [9.17, 15) is 14.4 Å². The van der Waals surface area contributed by atoms with E-state index >= 15 is 0 Å². The average molecular weight is 230 g/mol. The fourth-order valence-corrected chi connectivity index (χ4v) is 1.61. The summed E-state index contributed by atoms with van der Waals surface area (Å²) in [5.74, 6) is -3.10. The zero-order chi connectivity index (χ0) is 12.3. The third-order valence-corrected chi connectivity index (χ3v) is 2.61. The van der Waals surface area contributed by atoms with Crippen LogP contribution in [0.25, 0.3) is 0 Å². The number of carboxylic acid groups (broad SMARTS) is 2. The number of carboxylic acids is 2. The highest BCUT2D eigenvalue weighted by Gasteiger charge is 2.43. The maximum Gasteiger partial charge on any atom is 0.323 e. The lowest BCUT2D eigenvalue weighted by Gasteiger charge is -2.39. The molecule has 16 heavy (non-hydrogen) atoms. The van der Waals surface area contributed by atoms with Gasteiger partial charge in [-0.2, -0.15) is 0 Å². The van der Waals surface area contributed by atoms with Crippen molar-refractivity contribution in [1.82, 2.24) is 4.90 Å². The van der Waals surface area contributed by atoms with E-state index in [1.165, 1.54) is 0 Å². The molecule has 0 spiro atoms. The zero-order valence-corrected chi connectivity index (χ0v) is 8.68. The van der Waals surface area contributed by atoms with Gasteiger partial charge in [0.2, 0.25) is 5.91 Å². The second-order valence-electron chi connectivity index (χ2n) is 3.96. The molecular weight excluding hydrogens is 216 g/mol. The third kappa shape index (κ3) is 2.69. The van der Waals surface area contributed by atoms with Crippen molar-refractivity contribution in [1.29, 1.82) is 0 Å². The molecule has 1 fully saturated rings. The normalized spacial score (nSPS) is 17.3. The van der Waals surface area contributed by atoms with Crippen LogP contribution in [0, 0.1) is 0 Å². The molecule has 0 aromatic rings. The molecule has 0 radical (unpaired) electrons. The molecule has 0 atom stereocenters. The molecule has 1 saturated carbocycles. The van der Waals surface area contributed by atoms with Crippen LogP contribution in [0.2, 0.25) is 0 Å². The minimum Gasteiger partial charge on any atom is -0.480 e. The fraction of sp³-hybridized carbons (Fsp3) is 0.667. The Kier molecular flexibility index (Phi) is 3.48. The van der Waals surface area contributed by atoms with Gasteiger partial charge >= 0.3 is 11.9 Å². The molecule has 0 heterocycles. The van der Waals surface area contributed by atoms with Gasteiger partial charge in [0.1, 0.15) is 13.1 Å². The van der Waals surface area contributed by atoms with E-state index in [4.69, 9.17) is 15.9 Å². The Bertz CT molecular complexity index is 308. The Hall–Kier alpha value is -1.63. The summed E-state index contributed by atoms with van der Waals surface area (Å²) >= 11 is 0. The van der Waals surface area contributed by atoms with Gasteiger partial charge in [0.15, 0.2) is 0 Å². The molecule has 0 aromatic heterocycles. The summed E-state index contributed by atoms with van der Waals surface area (Å²) in [5.41, 5.74) is 4.66. The van der Waals surface area contributed by atoms with Gasteiger partial charge in [-0.15, -0.1) is 0 Å². The number of rotatable bonds is 5. The summed E-state index contributed by atoms with van der Waals surface area (Å²) in [5, 5.41) is 17.1. The van der Waals surface area contributed by atoms with Crippen LogP contribution in [0.3, 0.4) is 0 Å². The van der Waals surface area contributed by atoms with E-state index in [2.05, 4.69) is 0 Å². The van der Waals surface area contributed by atoms with Crippen LogP contribution in [0.4, 0.5) is 0 Å². The fourth-order valence-electron chi connectivity index (χ4n) is 1.61. The first-order valence-corrected chi connectivity index (χ1v) is 4.87. The van der Waals surface area contributed by atoms with Gasteiger partial charge in [0.25, 0.3) is 0 Å². The SMILES string of the molecule is NC1(C(=O)N(CC(=O)O)CC(=O)O)CCC1. The van der Waals surface area contributed by atoms with Gasteiger partial charge in [-0.1, -0.05) is 0 Å². The largest absolute Gasteiger partial charge is 0.480 e. The molecule has 7 nitrogen and oxygen atoms in total. The van der Waals surface area contributed by atoms with Crippen LogP contribution in [0.5, 0.6) is 0 Å². The van der Waals surface area contributed by atoms with Crippen LogP contribution < -0.4 is 5.73 Å². The van der Waals surface area contributed by atoms with Gasteiger partial charge in [-0.25, -0.2) is 0 Å². The van der Waals surface area contributed by atoms with E-state index in [0.29, 0.717) is 12.8 Å². The summed E-state index contributed by atoms with van der Waals surface area (Å²) in [7, 11) is 0. The highest BCUT2D eigenvalue weighted by molar-refractivity contribution is 5.91. The lowest BCUT2D eigenvalue weighted by atomic mass is 9.76. The summed E-state index contributed by atoms with van der Waals surface area (Å²) < 4.78 is 0. The number of amides is 1. The minimum absolute atomic E-state index is 0.474. The molecule has 0 unspecified atom stereocenters. The molecule has 1 rings (SSSR count). The third-order valence-electron chi connectivity index (χ3n) is 2.61. The molecule has 7 heteroatoms. The number of aliphatic carboxylic acids is 2. The van der Waals surface area contributed by atoms with Crippen molar-refractivity contribution in [2.24, 2.45) is 5.73 Å². The molecule has 0 aliphatic heterocycles. The Morgan fingerprint density at radius 2 is 1.56 bits per heavy atom. The van der Waals surface area contributed by atoms with E-state index in [-0.39, 0.29) is 0 Å². The molecule has 1 aliphatic carbocycles. The molecule has 1 amide bonds. The summed E-state index contributed by atoms with van der Waals surface area (Å²) in [6.45, 7) is -1.27. The summed E-state index contributed by atoms with van der Waals surface area (Å²) in [6, 6.07) is 0. The van der Waals surface area contributed by atoms with Crippen molar-refractivity contribution >= 4 is 17.8 Å². The van der Waals surface area contributed by atoms with E-state index in [1.807, 2.05) is 0 Å². The second kappa shape index (κ2) is 4.48. The van der Waals surface area contributed by atoms with Crippen LogP contribution >= 0.6 is 0 Å². The number of hydrogen-bond donors (Lipinski definition) is 3. The smallest absolute Gasteiger partial charge is 0.323 e. The maximum atomic E-state index is 11.8. The van der Waals surface area contributed by atoms with E-state index in [0.717, 1.165) is 11.3 Å². The number of carbonyl (C=O) groups excluding carboxylic acids is 1. The van der Waals surface area contributed by atoms with Gasteiger partial charge in [0, 0.05) is 0 Å². The lowest BCUT2D eigenvalue weighted by molar-refractivity contribution is -0.153. The monoisotopic (exact) mass is 230 g/mol. The quantitative estimate of drug-likeness (QED) is 0.549. The average Bonchev–Trinajstić information content (AvgIpc) is 2.10. The number of carbonyl (C=O) groups is 3. The van der Waals surface area contributed by atoms with Crippen LogP contribution in [-0.4, -0.2) is 51.6 Å². The minimum atomic E-state index is -1.25. The maximum absolute atomic E-state index is 11.8. The number of nitrogens with zero attached hydrogens (tertiary/aromatic N) is 1. The molecule has 0 aromatic carbocycles. The molecular formula is C9H14N2O5. The van der Waals surface area contributed by atoms with Gasteiger partial charge in [-0.05, 0) is 19.3 Å². The van der Waals surface area contributed by atoms with Crippen molar-refractivity contribution < 1.29 is 24.6 Å². The Morgan fingerprint density at radius 1 is 1.12 bits per heavy atom. The molecule has 90 valence electrons. The Labute approximate surface area is 91.8 Å². The van der Waals surface area contributed by atoms with Crippen molar-refractivity contribution in [3.63, 3.8) is 0 Å². The van der Waals surface area contributed by atoms with Crippen LogP contribution in [0.1, 0.15) is 19.3 Å². The predicted molar refractivity (Wildman–Crippen MR) is 52.6 cm³/mol. The lowest BCUT2D eigenvalue weighted by Crippen LogP contribution is -2.60. The van der Waals surface area contributed by atoms with Gasteiger partial charge < -0.3 is 20.8 Å². The highest BCUT2D eigenvalue weighted by atomic mass is 16.4. The van der Waals surface area contributed by atoms with Crippen LogP contribution in [-0.2, 0) is 14.4 Å². The van der Waals surface area contributed by atoms with E-state index in [1.54, 1.807) is 0 Å². The topological polar surface area (TPSA) is 121 Å². The first-order valence-electron chi connectivity index (χ1n) is 4.87. The first kappa shape index (κ1) is 12.4. The number of hydrogen-bond acceptors (Lipinski definition) is 4. The Morgan fingerprint density at radius 3 is 1.81 bits per heavy atom. The van der Waals surface area contributed by atoms with Gasteiger partial charge in [0.05, 0.1) is 5.54 Å². The number of nitrogens with two attached hydrogens (primary N) is 1. The molecule has 1 aliphatic rings. The van der Waals surface area contributed by atoms with Crippen molar-refractivity contribution in [2.75, 3.05) is 13.1 Å². The van der Waals surface area contributed by atoms with E-state index < -0.39 is 36.5 Å². The highest BCUT2D eigenvalue weighted by Crippen LogP contribution is 2.30. The van der Waals surface area contributed by atoms with Crippen LogP contribution in [0.15, 0.2) is 0 Å². The zero-order valence-electron chi connectivity index (χ0n) is 8.68. The van der Waals surface area contributed by atoms with Gasteiger partial charge in [-0.3, -0.25) is 14.4 Å². The first-order chi connectivity index (χ1) is 7.35. The molecule has 0 saturated heterocycles. The van der Waals surface area contributed by atoms with Crippen molar-refractivity contribution in [2.45, 2.75) is 24.8 Å². The standard InChI is InChI=1S/C9H14N2O5/c10-9(2-1-3-9)8(16)11(4-6(12)13)5-7(14)15/h1-5,10H2,(H,12,13)(H,14,15). The molecule has 0 bridgehead atoms. The summed E-state index contributed by atoms with van der Waals surface area (Å²) in [4.78, 5) is 33.6. The molecule has 4 N–H and O–H groups in total. The second-order valence-corrected chi connectivity index (χ2v) is 3.96. The van der Waals surface area contributed by atoms with Crippen molar-refractivity contribution in [3.8, 4) is 0 Å². The van der Waals surface area contributed by atoms with Crippen molar-refractivity contribution in [3.05, 3.63) is 0 Å². The predicted octanol–water partition coefficient (Wildman–Crippen LogP) is -1.13.